The van der Waals surface area contributed by atoms with E-state index >= 15 is 0 Å². The van der Waals surface area contributed by atoms with E-state index < -0.39 is 0 Å². The molecule has 2 heterocycles. The number of fused-ring (bicyclic) bond motifs is 1. The zero-order valence-electron chi connectivity index (χ0n) is 18.7. The highest BCUT2D eigenvalue weighted by atomic mass is 32.1. The first-order valence-corrected chi connectivity index (χ1v) is 12.4. The van der Waals surface area contributed by atoms with E-state index in [0.717, 1.165) is 43.4 Å². The maximum Gasteiger partial charge on any atom is 0.242 e. The fourth-order valence-electron chi connectivity index (χ4n) is 4.72. The summed E-state index contributed by atoms with van der Waals surface area (Å²) in [5, 5.41) is 2.09. The zero-order valence-corrected chi connectivity index (χ0v) is 19.5. The quantitative estimate of drug-likeness (QED) is 0.574. The van der Waals surface area contributed by atoms with Crippen LogP contribution in [0.15, 0.2) is 41.8 Å². The van der Waals surface area contributed by atoms with E-state index in [9.17, 15) is 9.59 Å². The van der Waals surface area contributed by atoms with E-state index in [1.165, 1.54) is 4.88 Å². The average molecular weight is 457 g/mol. The van der Waals surface area contributed by atoms with Gasteiger partial charge in [0.05, 0.1) is 19.2 Å². The largest absolute Gasteiger partial charge is 0.491 e. The third-order valence-corrected chi connectivity index (χ3v) is 7.47. The van der Waals surface area contributed by atoms with Crippen LogP contribution >= 0.6 is 11.3 Å². The molecule has 1 fully saturated rings. The van der Waals surface area contributed by atoms with Crippen molar-refractivity contribution in [2.24, 2.45) is 5.92 Å². The molecule has 0 N–H and O–H groups in total. The molecule has 172 valence electrons. The number of ether oxygens (including phenoxy) is 2. The summed E-state index contributed by atoms with van der Waals surface area (Å²) in [6.45, 7) is 2.01. The summed E-state index contributed by atoms with van der Waals surface area (Å²) in [5.41, 5.74) is 1.16. The average Bonchev–Trinajstić information content (AvgIpc) is 3.52. The van der Waals surface area contributed by atoms with Crippen molar-refractivity contribution in [1.29, 1.82) is 0 Å². The summed E-state index contributed by atoms with van der Waals surface area (Å²) in [6.07, 6.45) is 4.87. The second-order valence-corrected chi connectivity index (χ2v) is 9.51. The molecule has 1 unspecified atom stereocenters. The van der Waals surface area contributed by atoms with Crippen LogP contribution in [0.1, 0.15) is 42.2 Å². The van der Waals surface area contributed by atoms with E-state index in [1.807, 2.05) is 35.2 Å². The monoisotopic (exact) mass is 456 g/mol. The molecule has 2 aromatic rings. The Morgan fingerprint density at radius 2 is 1.94 bits per heavy atom. The first kappa shape index (κ1) is 22.8. The molecule has 0 spiro atoms. The highest BCUT2D eigenvalue weighted by Gasteiger charge is 2.35. The lowest BCUT2D eigenvalue weighted by atomic mass is 10.00. The van der Waals surface area contributed by atoms with Crippen molar-refractivity contribution in [3.8, 4) is 5.75 Å². The number of para-hydroxylation sites is 1. The van der Waals surface area contributed by atoms with Crippen LogP contribution < -0.4 is 4.74 Å². The van der Waals surface area contributed by atoms with Crippen LogP contribution in [-0.2, 0) is 20.7 Å². The minimum absolute atomic E-state index is 0.0223. The third kappa shape index (κ3) is 5.33. The molecule has 0 radical (unpaired) electrons. The fourth-order valence-corrected chi connectivity index (χ4v) is 5.65. The minimum atomic E-state index is -0.149. The van der Waals surface area contributed by atoms with Gasteiger partial charge >= 0.3 is 0 Å². The minimum Gasteiger partial charge on any atom is -0.491 e. The molecule has 7 heteroatoms. The normalized spacial score (nSPS) is 18.4. The molecule has 1 aliphatic heterocycles. The van der Waals surface area contributed by atoms with E-state index in [4.69, 9.17) is 9.47 Å². The third-order valence-electron chi connectivity index (χ3n) is 6.47. The molecule has 2 aliphatic rings. The van der Waals surface area contributed by atoms with Crippen LogP contribution in [0.25, 0.3) is 0 Å². The summed E-state index contributed by atoms with van der Waals surface area (Å²) >= 11 is 1.74. The summed E-state index contributed by atoms with van der Waals surface area (Å²) in [7, 11) is 1.62. The van der Waals surface area contributed by atoms with Gasteiger partial charge in [-0.25, -0.2) is 0 Å². The van der Waals surface area contributed by atoms with Crippen LogP contribution in [0.2, 0.25) is 0 Å². The molecule has 2 amide bonds. The van der Waals surface area contributed by atoms with Gasteiger partial charge in [0.1, 0.15) is 12.4 Å². The van der Waals surface area contributed by atoms with Crippen molar-refractivity contribution in [3.63, 3.8) is 0 Å². The molecule has 1 saturated carbocycles. The number of carbonyl (C=O) groups excluding carboxylic acids is 2. The smallest absolute Gasteiger partial charge is 0.242 e. The summed E-state index contributed by atoms with van der Waals surface area (Å²) < 4.78 is 11.3. The number of hydrogen-bond donors (Lipinski definition) is 0. The number of nitrogens with zero attached hydrogens (tertiary/aromatic N) is 2. The topological polar surface area (TPSA) is 59.1 Å². The summed E-state index contributed by atoms with van der Waals surface area (Å²) in [5.74, 6) is 0.909. The number of amides is 2. The van der Waals surface area contributed by atoms with Gasteiger partial charge in [0.15, 0.2) is 0 Å². The molecular formula is C25H32N2O4S. The second kappa shape index (κ2) is 11.0. The Morgan fingerprint density at radius 3 is 2.69 bits per heavy atom. The number of hydrogen-bond acceptors (Lipinski definition) is 5. The van der Waals surface area contributed by atoms with Gasteiger partial charge in [-0.2, -0.15) is 0 Å². The van der Waals surface area contributed by atoms with Crippen molar-refractivity contribution in [3.05, 3.63) is 52.2 Å². The molecule has 1 atom stereocenters. The molecule has 4 rings (SSSR count). The molecule has 1 aromatic carbocycles. The first-order chi connectivity index (χ1) is 15.7. The van der Waals surface area contributed by atoms with E-state index in [2.05, 4.69) is 11.4 Å². The summed E-state index contributed by atoms with van der Waals surface area (Å²) in [4.78, 5) is 31.5. The van der Waals surface area contributed by atoms with Crippen LogP contribution in [0.5, 0.6) is 5.75 Å². The second-order valence-electron chi connectivity index (χ2n) is 8.51. The van der Waals surface area contributed by atoms with Crippen molar-refractivity contribution in [2.75, 3.05) is 40.0 Å². The van der Waals surface area contributed by atoms with Gasteiger partial charge in [-0.1, -0.05) is 31.0 Å². The number of rotatable bonds is 9. The van der Waals surface area contributed by atoms with Crippen LogP contribution in [-0.4, -0.2) is 61.6 Å². The van der Waals surface area contributed by atoms with Crippen molar-refractivity contribution < 1.29 is 19.1 Å². The lowest BCUT2D eigenvalue weighted by Gasteiger charge is -2.37. The van der Waals surface area contributed by atoms with Gasteiger partial charge in [0.2, 0.25) is 11.8 Å². The maximum atomic E-state index is 13.5. The SMILES string of the molecule is COCCN(CC(=O)N1CCc2sccc2C1COc1ccccc1)C(=O)C1CCCC1. The number of carbonyl (C=O) groups is 2. The van der Waals surface area contributed by atoms with Gasteiger partial charge in [-0.3, -0.25) is 9.59 Å². The maximum absolute atomic E-state index is 13.5. The Kier molecular flexibility index (Phi) is 7.81. The first-order valence-electron chi connectivity index (χ1n) is 11.5. The van der Waals surface area contributed by atoms with Gasteiger partial charge in [-0.05, 0) is 48.4 Å². The predicted octanol–water partition coefficient (Wildman–Crippen LogP) is 3.92. The van der Waals surface area contributed by atoms with Crippen molar-refractivity contribution in [1.82, 2.24) is 9.80 Å². The lowest BCUT2D eigenvalue weighted by molar-refractivity contribution is -0.145. The summed E-state index contributed by atoms with van der Waals surface area (Å²) in [6, 6.07) is 11.6. The zero-order chi connectivity index (χ0) is 22.3. The molecule has 6 nitrogen and oxygen atoms in total. The van der Waals surface area contributed by atoms with E-state index in [1.54, 1.807) is 23.3 Å². The lowest BCUT2D eigenvalue weighted by Crippen LogP contribution is -2.49. The Bertz CT molecular complexity index is 894. The van der Waals surface area contributed by atoms with Crippen molar-refractivity contribution in [2.45, 2.75) is 38.1 Å². The van der Waals surface area contributed by atoms with Crippen LogP contribution in [0, 0.1) is 5.92 Å². The van der Waals surface area contributed by atoms with Crippen LogP contribution in [0.4, 0.5) is 0 Å². The Hall–Kier alpha value is -2.38. The number of thiophene rings is 1. The van der Waals surface area contributed by atoms with Crippen molar-refractivity contribution >= 4 is 23.2 Å². The standard InChI is InChI=1S/C25H32N2O4S/c1-30-15-14-26(25(29)19-7-5-6-8-19)17-24(28)27-13-11-23-21(12-16-32-23)22(27)18-31-20-9-3-2-4-10-20/h2-4,9-10,12,16,19,22H,5-8,11,13-15,17-18H2,1H3. The highest BCUT2D eigenvalue weighted by molar-refractivity contribution is 7.10. The number of benzene rings is 1. The molecule has 1 aliphatic carbocycles. The van der Waals surface area contributed by atoms with Crippen LogP contribution in [0.3, 0.4) is 0 Å². The highest BCUT2D eigenvalue weighted by Crippen LogP contribution is 2.34. The molecule has 1 aromatic heterocycles. The van der Waals surface area contributed by atoms with E-state index in [0.29, 0.717) is 26.3 Å². The van der Waals surface area contributed by atoms with Gasteiger partial charge < -0.3 is 19.3 Å². The molecule has 0 saturated heterocycles. The Balaban J connectivity index is 1.48. The molecule has 0 bridgehead atoms. The Morgan fingerprint density at radius 1 is 1.16 bits per heavy atom. The molecular weight excluding hydrogens is 424 g/mol. The Labute approximate surface area is 194 Å². The van der Waals surface area contributed by atoms with E-state index in [-0.39, 0.29) is 30.3 Å². The predicted molar refractivity (Wildman–Crippen MR) is 125 cm³/mol. The fraction of sp³-hybridized carbons (Fsp3) is 0.520. The number of methoxy groups -OCH3 is 1. The van der Waals surface area contributed by atoms with Gasteiger partial charge in [0, 0.05) is 31.0 Å². The van der Waals surface area contributed by atoms with Gasteiger partial charge in [0.25, 0.3) is 0 Å². The molecule has 32 heavy (non-hydrogen) atoms. The van der Waals surface area contributed by atoms with Gasteiger partial charge in [-0.15, -0.1) is 11.3 Å².